The summed E-state index contributed by atoms with van der Waals surface area (Å²) < 4.78 is 0. The molecule has 1 atom stereocenters. The minimum absolute atomic E-state index is 0.195. The van der Waals surface area contributed by atoms with E-state index in [4.69, 9.17) is 0 Å². The fraction of sp³-hybridized carbons (Fsp3) is 0.600. The van der Waals surface area contributed by atoms with Crippen LogP contribution < -0.4 is 5.32 Å². The van der Waals surface area contributed by atoms with Crippen molar-refractivity contribution < 1.29 is 0 Å². The second-order valence-electron chi connectivity index (χ2n) is 5.98. The smallest absolute Gasteiger partial charge is 0.0926 e. The van der Waals surface area contributed by atoms with Crippen LogP contribution in [0.2, 0.25) is 0 Å². The molecule has 2 aromatic rings. The normalized spacial score (nSPS) is 23.7. The first-order valence-electron chi connectivity index (χ1n) is 7.72. The molecule has 0 aromatic carbocycles. The molecule has 1 aliphatic heterocycles. The van der Waals surface area contributed by atoms with E-state index >= 15 is 0 Å². The maximum Gasteiger partial charge on any atom is 0.0926 e. The van der Waals surface area contributed by atoms with Crippen molar-refractivity contribution in [1.82, 2.24) is 25.5 Å². The highest BCUT2D eigenvalue weighted by Gasteiger charge is 2.29. The van der Waals surface area contributed by atoms with E-state index in [1.165, 1.54) is 49.1 Å². The molecule has 4 rings (SSSR count). The summed E-state index contributed by atoms with van der Waals surface area (Å²) in [6.45, 7) is 0.995. The average Bonchev–Trinajstić information content (AvgIpc) is 3.16. The summed E-state index contributed by atoms with van der Waals surface area (Å²) in [6, 6.07) is 0.195. The number of hydrogen-bond donors (Lipinski definition) is 3. The zero-order valence-electron chi connectivity index (χ0n) is 11.7. The SMILES string of the molecule is c1nc2c([nH]1)CCNC2c1cn[nH]c1C1CCCCC1. The van der Waals surface area contributed by atoms with Crippen molar-refractivity contribution >= 4 is 0 Å². The third-order valence-corrected chi connectivity index (χ3v) is 4.77. The van der Waals surface area contributed by atoms with Crippen LogP contribution in [0.5, 0.6) is 0 Å². The molecule has 3 N–H and O–H groups in total. The largest absolute Gasteiger partial charge is 0.348 e. The summed E-state index contributed by atoms with van der Waals surface area (Å²) >= 11 is 0. The topological polar surface area (TPSA) is 69.4 Å². The van der Waals surface area contributed by atoms with Gasteiger partial charge in [0.25, 0.3) is 0 Å². The Bertz CT molecular complexity index is 579. The fourth-order valence-corrected chi connectivity index (χ4v) is 3.73. The number of nitrogens with one attached hydrogen (secondary N) is 3. The lowest BCUT2D eigenvalue weighted by molar-refractivity contribution is 0.430. The Morgan fingerprint density at radius 3 is 2.95 bits per heavy atom. The Balaban J connectivity index is 1.68. The summed E-state index contributed by atoms with van der Waals surface area (Å²) in [4.78, 5) is 7.79. The van der Waals surface area contributed by atoms with Crippen LogP contribution in [0.3, 0.4) is 0 Å². The third kappa shape index (κ3) is 1.97. The molecule has 2 aromatic heterocycles. The van der Waals surface area contributed by atoms with Gasteiger partial charge in [-0.1, -0.05) is 19.3 Å². The van der Waals surface area contributed by atoms with Crippen molar-refractivity contribution in [3.63, 3.8) is 0 Å². The number of nitrogens with zero attached hydrogens (tertiary/aromatic N) is 2. The van der Waals surface area contributed by atoms with Gasteiger partial charge in [0.05, 0.1) is 24.3 Å². The first-order valence-corrected chi connectivity index (χ1v) is 7.72. The molecule has 2 aliphatic rings. The third-order valence-electron chi connectivity index (χ3n) is 4.77. The van der Waals surface area contributed by atoms with E-state index in [2.05, 4.69) is 25.5 Å². The Labute approximate surface area is 118 Å². The van der Waals surface area contributed by atoms with Gasteiger partial charge in [-0.25, -0.2) is 4.98 Å². The highest BCUT2D eigenvalue weighted by Crippen LogP contribution is 2.37. The van der Waals surface area contributed by atoms with E-state index in [1.807, 2.05) is 12.5 Å². The summed E-state index contributed by atoms with van der Waals surface area (Å²) in [6.07, 6.45) is 11.5. The number of hydrogen-bond acceptors (Lipinski definition) is 3. The van der Waals surface area contributed by atoms with Crippen LogP contribution in [-0.4, -0.2) is 26.7 Å². The maximum absolute atomic E-state index is 4.52. The van der Waals surface area contributed by atoms with E-state index < -0.39 is 0 Å². The van der Waals surface area contributed by atoms with E-state index in [9.17, 15) is 0 Å². The molecule has 0 saturated heterocycles. The average molecular weight is 271 g/mol. The second-order valence-corrected chi connectivity index (χ2v) is 5.98. The molecule has 0 bridgehead atoms. The first-order chi connectivity index (χ1) is 9.93. The van der Waals surface area contributed by atoms with Crippen molar-refractivity contribution in [1.29, 1.82) is 0 Å². The minimum Gasteiger partial charge on any atom is -0.348 e. The Morgan fingerprint density at radius 1 is 1.15 bits per heavy atom. The van der Waals surface area contributed by atoms with Crippen molar-refractivity contribution in [2.45, 2.75) is 50.5 Å². The van der Waals surface area contributed by atoms with Crippen LogP contribution in [0.25, 0.3) is 0 Å². The standard InChI is InChI=1S/C15H21N5/c1-2-4-10(5-3-1)13-11(8-19-20-13)14-15-12(6-7-16-14)17-9-18-15/h8-10,14,16H,1-7H2,(H,17,18)(H,19,20). The molecule has 1 unspecified atom stereocenters. The Morgan fingerprint density at radius 2 is 2.05 bits per heavy atom. The van der Waals surface area contributed by atoms with Gasteiger partial charge in [-0.05, 0) is 12.8 Å². The van der Waals surface area contributed by atoms with Crippen LogP contribution in [-0.2, 0) is 6.42 Å². The summed E-state index contributed by atoms with van der Waals surface area (Å²) in [7, 11) is 0. The Kier molecular flexibility index (Phi) is 3.07. The molecule has 3 heterocycles. The fourth-order valence-electron chi connectivity index (χ4n) is 3.73. The number of rotatable bonds is 2. The lowest BCUT2D eigenvalue weighted by Crippen LogP contribution is -2.31. The highest BCUT2D eigenvalue weighted by molar-refractivity contribution is 5.35. The molecule has 1 fully saturated rings. The molecule has 5 heteroatoms. The molecule has 5 nitrogen and oxygen atoms in total. The number of imidazole rings is 1. The Hall–Kier alpha value is -1.62. The zero-order valence-corrected chi connectivity index (χ0v) is 11.7. The molecule has 1 aliphatic carbocycles. The highest BCUT2D eigenvalue weighted by atomic mass is 15.1. The van der Waals surface area contributed by atoms with Gasteiger partial charge in [-0.2, -0.15) is 5.10 Å². The van der Waals surface area contributed by atoms with Gasteiger partial charge >= 0.3 is 0 Å². The molecule has 0 amide bonds. The molecule has 0 radical (unpaired) electrons. The van der Waals surface area contributed by atoms with Crippen LogP contribution in [0.1, 0.15) is 66.7 Å². The minimum atomic E-state index is 0.195. The molecule has 1 saturated carbocycles. The van der Waals surface area contributed by atoms with Gasteiger partial charge < -0.3 is 10.3 Å². The molecular weight excluding hydrogens is 250 g/mol. The monoisotopic (exact) mass is 271 g/mol. The number of aromatic amines is 2. The van der Waals surface area contributed by atoms with Gasteiger partial charge in [0.15, 0.2) is 0 Å². The van der Waals surface area contributed by atoms with Gasteiger partial charge in [0, 0.05) is 35.8 Å². The van der Waals surface area contributed by atoms with E-state index in [1.54, 1.807) is 0 Å². The molecule has 0 spiro atoms. The van der Waals surface area contributed by atoms with Gasteiger partial charge in [-0.15, -0.1) is 0 Å². The van der Waals surface area contributed by atoms with Crippen LogP contribution in [0.4, 0.5) is 0 Å². The van der Waals surface area contributed by atoms with Gasteiger partial charge in [0.1, 0.15) is 0 Å². The molecule has 106 valence electrons. The van der Waals surface area contributed by atoms with Crippen LogP contribution in [0.15, 0.2) is 12.5 Å². The molecular formula is C15H21N5. The lowest BCUT2D eigenvalue weighted by Gasteiger charge is -2.26. The first kappa shape index (κ1) is 12.1. The van der Waals surface area contributed by atoms with Crippen molar-refractivity contribution in [3.8, 4) is 0 Å². The molecule has 20 heavy (non-hydrogen) atoms. The van der Waals surface area contributed by atoms with Crippen LogP contribution in [0, 0.1) is 0 Å². The van der Waals surface area contributed by atoms with Gasteiger partial charge in [0.2, 0.25) is 0 Å². The number of fused-ring (bicyclic) bond motifs is 1. The summed E-state index contributed by atoms with van der Waals surface area (Å²) in [5, 5.41) is 11.2. The van der Waals surface area contributed by atoms with E-state index in [-0.39, 0.29) is 6.04 Å². The van der Waals surface area contributed by atoms with Crippen molar-refractivity contribution in [3.05, 3.63) is 35.2 Å². The second kappa shape index (κ2) is 5.05. The predicted molar refractivity (Wildman–Crippen MR) is 76.6 cm³/mol. The number of aromatic nitrogens is 4. The van der Waals surface area contributed by atoms with E-state index in [0.717, 1.165) is 18.7 Å². The van der Waals surface area contributed by atoms with Crippen molar-refractivity contribution in [2.24, 2.45) is 0 Å². The summed E-state index contributed by atoms with van der Waals surface area (Å²) in [5.74, 6) is 0.646. The lowest BCUT2D eigenvalue weighted by atomic mass is 9.84. The predicted octanol–water partition coefficient (Wildman–Crippen LogP) is 2.42. The van der Waals surface area contributed by atoms with Crippen molar-refractivity contribution in [2.75, 3.05) is 6.54 Å². The van der Waals surface area contributed by atoms with Crippen LogP contribution >= 0.6 is 0 Å². The van der Waals surface area contributed by atoms with E-state index in [0.29, 0.717) is 5.92 Å². The zero-order chi connectivity index (χ0) is 13.4. The van der Waals surface area contributed by atoms with Gasteiger partial charge in [-0.3, -0.25) is 5.10 Å². The number of H-pyrrole nitrogens is 2. The maximum atomic E-state index is 4.52. The quantitative estimate of drug-likeness (QED) is 0.785. The summed E-state index contributed by atoms with van der Waals surface area (Å²) in [5.41, 5.74) is 5.04.